The van der Waals surface area contributed by atoms with E-state index in [-0.39, 0.29) is 17.6 Å². The second-order valence-electron chi connectivity index (χ2n) is 7.16. The molecule has 0 bridgehead atoms. The van der Waals surface area contributed by atoms with Crippen molar-refractivity contribution in [2.45, 2.75) is 18.9 Å². The number of halogens is 1. The number of phenols is 1. The lowest BCUT2D eigenvalue weighted by molar-refractivity contribution is 0.477. The summed E-state index contributed by atoms with van der Waals surface area (Å²) in [4.78, 5) is 16.1. The van der Waals surface area contributed by atoms with E-state index in [1.54, 1.807) is 30.5 Å². The van der Waals surface area contributed by atoms with Gasteiger partial charge < -0.3 is 10.0 Å². The van der Waals surface area contributed by atoms with E-state index < -0.39 is 0 Å². The van der Waals surface area contributed by atoms with Crippen molar-refractivity contribution in [1.29, 1.82) is 0 Å². The van der Waals surface area contributed by atoms with Crippen LogP contribution in [0.25, 0.3) is 22.3 Å². The molecule has 4 aromatic rings. The topological polar surface area (TPSA) is 62.1 Å². The molecule has 5 rings (SSSR count). The molecule has 6 heteroatoms. The molecule has 1 atom stereocenters. The number of pyridine rings is 1. The van der Waals surface area contributed by atoms with Gasteiger partial charge in [0.05, 0.1) is 22.8 Å². The van der Waals surface area contributed by atoms with Crippen LogP contribution in [0.3, 0.4) is 0 Å². The second-order valence-corrected chi connectivity index (χ2v) is 7.16. The van der Waals surface area contributed by atoms with Crippen LogP contribution in [0.4, 0.5) is 10.2 Å². The smallest absolute Gasteiger partial charge is 0.165 e. The van der Waals surface area contributed by atoms with E-state index in [4.69, 9.17) is 4.98 Å². The minimum Gasteiger partial charge on any atom is -0.507 e. The quantitative estimate of drug-likeness (QED) is 0.544. The van der Waals surface area contributed by atoms with E-state index in [0.717, 1.165) is 25.1 Å². The molecule has 1 unspecified atom stereocenters. The van der Waals surface area contributed by atoms with Crippen molar-refractivity contribution >= 4 is 16.7 Å². The van der Waals surface area contributed by atoms with E-state index in [0.29, 0.717) is 28.1 Å². The van der Waals surface area contributed by atoms with Crippen LogP contribution in [0, 0.1) is 5.82 Å². The first-order valence-corrected chi connectivity index (χ1v) is 9.64. The monoisotopic (exact) mass is 386 g/mol. The molecule has 3 heterocycles. The van der Waals surface area contributed by atoms with Crippen LogP contribution in [0.1, 0.15) is 24.6 Å². The number of aromatic hydroxyl groups is 1. The van der Waals surface area contributed by atoms with Crippen molar-refractivity contribution in [2.24, 2.45) is 0 Å². The van der Waals surface area contributed by atoms with Gasteiger partial charge in [-0.3, -0.25) is 4.98 Å². The Morgan fingerprint density at radius 2 is 1.86 bits per heavy atom. The summed E-state index contributed by atoms with van der Waals surface area (Å²) in [5, 5.41) is 11.0. The first kappa shape index (κ1) is 17.6. The van der Waals surface area contributed by atoms with Crippen LogP contribution >= 0.6 is 0 Å². The summed E-state index contributed by atoms with van der Waals surface area (Å²) in [7, 11) is 0. The Bertz CT molecular complexity index is 1180. The SMILES string of the molecule is Oc1ccccc1-c1nc(N2CCCC2c2ccccn2)c2cc(F)ccc2n1. The Morgan fingerprint density at radius 1 is 1.00 bits per heavy atom. The average molecular weight is 386 g/mol. The first-order valence-electron chi connectivity index (χ1n) is 9.64. The van der Waals surface area contributed by atoms with E-state index in [9.17, 15) is 9.50 Å². The van der Waals surface area contributed by atoms with Crippen molar-refractivity contribution in [3.63, 3.8) is 0 Å². The largest absolute Gasteiger partial charge is 0.507 e. The first-order chi connectivity index (χ1) is 14.2. The third-order valence-corrected chi connectivity index (χ3v) is 5.34. The van der Waals surface area contributed by atoms with Crippen molar-refractivity contribution in [3.8, 4) is 17.1 Å². The number of hydrogen-bond donors (Lipinski definition) is 1. The molecule has 2 aromatic carbocycles. The van der Waals surface area contributed by atoms with Gasteiger partial charge in [0, 0.05) is 18.1 Å². The molecule has 0 aliphatic carbocycles. The maximum Gasteiger partial charge on any atom is 0.165 e. The van der Waals surface area contributed by atoms with Crippen molar-refractivity contribution < 1.29 is 9.50 Å². The molecule has 1 fully saturated rings. The van der Waals surface area contributed by atoms with Crippen LogP contribution in [0.15, 0.2) is 66.9 Å². The third kappa shape index (κ3) is 3.16. The predicted octanol–water partition coefficient (Wildman–Crippen LogP) is 4.88. The van der Waals surface area contributed by atoms with Crippen molar-refractivity contribution in [1.82, 2.24) is 15.0 Å². The van der Waals surface area contributed by atoms with Gasteiger partial charge in [0.1, 0.15) is 17.4 Å². The highest BCUT2D eigenvalue weighted by atomic mass is 19.1. The summed E-state index contributed by atoms with van der Waals surface area (Å²) in [6, 6.07) is 17.5. The summed E-state index contributed by atoms with van der Waals surface area (Å²) in [5.74, 6) is 0.874. The summed E-state index contributed by atoms with van der Waals surface area (Å²) in [6.07, 6.45) is 3.73. The molecule has 0 saturated carbocycles. The zero-order valence-electron chi connectivity index (χ0n) is 15.7. The van der Waals surface area contributed by atoms with Gasteiger partial charge in [-0.1, -0.05) is 18.2 Å². The molecule has 29 heavy (non-hydrogen) atoms. The normalized spacial score (nSPS) is 16.4. The fourth-order valence-corrected chi connectivity index (χ4v) is 3.99. The highest BCUT2D eigenvalue weighted by molar-refractivity contribution is 5.91. The van der Waals surface area contributed by atoms with E-state index in [1.807, 2.05) is 24.3 Å². The molecule has 0 amide bonds. The Morgan fingerprint density at radius 3 is 2.69 bits per heavy atom. The number of fused-ring (bicyclic) bond motifs is 1. The van der Waals surface area contributed by atoms with Gasteiger partial charge in [0.15, 0.2) is 5.82 Å². The van der Waals surface area contributed by atoms with Crippen molar-refractivity contribution in [3.05, 3.63) is 78.4 Å². The molecule has 0 radical (unpaired) electrons. The van der Waals surface area contributed by atoms with Gasteiger partial charge in [-0.05, 0) is 55.3 Å². The molecule has 5 nitrogen and oxygen atoms in total. The highest BCUT2D eigenvalue weighted by Crippen LogP contribution is 2.39. The van der Waals surface area contributed by atoms with Gasteiger partial charge in [0.25, 0.3) is 0 Å². The minimum atomic E-state index is -0.328. The number of para-hydroxylation sites is 1. The Hall–Kier alpha value is -3.54. The minimum absolute atomic E-state index is 0.0646. The molecule has 1 aliphatic heterocycles. The fraction of sp³-hybridized carbons (Fsp3) is 0.174. The average Bonchev–Trinajstić information content (AvgIpc) is 3.24. The van der Waals surface area contributed by atoms with E-state index in [1.165, 1.54) is 12.1 Å². The Kier molecular flexibility index (Phi) is 4.31. The van der Waals surface area contributed by atoms with Crippen molar-refractivity contribution in [2.75, 3.05) is 11.4 Å². The van der Waals surface area contributed by atoms with Crippen LogP contribution in [-0.2, 0) is 0 Å². The van der Waals surface area contributed by atoms with Crippen LogP contribution in [-0.4, -0.2) is 26.6 Å². The maximum absolute atomic E-state index is 14.1. The summed E-state index contributed by atoms with van der Waals surface area (Å²) in [5.41, 5.74) is 2.16. The van der Waals surface area contributed by atoms with Crippen LogP contribution < -0.4 is 4.90 Å². The standard InChI is InChI=1S/C23H19FN4O/c24-15-10-11-18-17(14-15)23(27-22(26-18)16-6-1-2-9-21(16)29)28-13-5-8-20(28)19-7-3-4-12-25-19/h1-4,6-7,9-12,14,20,29H,5,8,13H2. The van der Waals surface area contributed by atoms with Gasteiger partial charge in [0.2, 0.25) is 0 Å². The van der Waals surface area contributed by atoms with Gasteiger partial charge >= 0.3 is 0 Å². The number of anilines is 1. The van der Waals surface area contributed by atoms with E-state index in [2.05, 4.69) is 14.9 Å². The Labute approximate surface area is 167 Å². The molecule has 144 valence electrons. The fourth-order valence-electron chi connectivity index (χ4n) is 3.99. The third-order valence-electron chi connectivity index (χ3n) is 5.34. The summed E-state index contributed by atoms with van der Waals surface area (Å²) < 4.78 is 14.1. The number of aromatic nitrogens is 3. The number of benzene rings is 2. The zero-order chi connectivity index (χ0) is 19.8. The number of rotatable bonds is 3. The number of phenolic OH excluding ortho intramolecular Hbond substituents is 1. The number of nitrogens with zero attached hydrogens (tertiary/aromatic N) is 4. The molecule has 0 spiro atoms. The van der Waals surface area contributed by atoms with Crippen LogP contribution in [0.5, 0.6) is 5.75 Å². The summed E-state index contributed by atoms with van der Waals surface area (Å²) in [6.45, 7) is 0.796. The molecule has 1 aliphatic rings. The van der Waals surface area contributed by atoms with Gasteiger partial charge in [-0.2, -0.15) is 0 Å². The van der Waals surface area contributed by atoms with Gasteiger partial charge in [-0.25, -0.2) is 14.4 Å². The predicted molar refractivity (Wildman–Crippen MR) is 110 cm³/mol. The molecule has 1 saturated heterocycles. The lowest BCUT2D eigenvalue weighted by atomic mass is 10.1. The highest BCUT2D eigenvalue weighted by Gasteiger charge is 2.30. The lowest BCUT2D eigenvalue weighted by Crippen LogP contribution is -2.25. The molecular weight excluding hydrogens is 367 g/mol. The molecule has 2 aromatic heterocycles. The second kappa shape index (κ2) is 7.13. The van der Waals surface area contributed by atoms with Crippen LogP contribution in [0.2, 0.25) is 0 Å². The zero-order valence-corrected chi connectivity index (χ0v) is 15.7. The van der Waals surface area contributed by atoms with Gasteiger partial charge in [-0.15, -0.1) is 0 Å². The molecule has 1 N–H and O–H groups in total. The van der Waals surface area contributed by atoms with E-state index >= 15 is 0 Å². The lowest BCUT2D eigenvalue weighted by Gasteiger charge is -2.27. The molecular formula is C23H19FN4O. The maximum atomic E-state index is 14.1. The number of hydrogen-bond acceptors (Lipinski definition) is 5. The Balaban J connectivity index is 1.71. The summed E-state index contributed by atoms with van der Waals surface area (Å²) >= 11 is 0.